The van der Waals surface area contributed by atoms with Gasteiger partial charge in [0.05, 0.1) is 0 Å². The van der Waals surface area contributed by atoms with Gasteiger partial charge in [0.2, 0.25) is 0 Å². The Morgan fingerprint density at radius 1 is 1.50 bits per heavy atom. The topological polar surface area (TPSA) is 0 Å². The van der Waals surface area contributed by atoms with Gasteiger partial charge in [-0.1, -0.05) is 26.2 Å². The van der Waals surface area contributed by atoms with E-state index in [1.54, 1.807) is 0 Å². The summed E-state index contributed by atoms with van der Waals surface area (Å²) in [7, 11) is 0. The molecule has 4 unspecified atom stereocenters. The smallest absolute Gasteiger partial charge is 0.0379 e. The van der Waals surface area contributed by atoms with E-state index in [9.17, 15) is 0 Å². The predicted octanol–water partition coefficient (Wildman–Crippen LogP) is 3.08. The van der Waals surface area contributed by atoms with Gasteiger partial charge in [-0.25, -0.2) is 0 Å². The van der Waals surface area contributed by atoms with Crippen molar-refractivity contribution in [2.45, 2.75) is 40.5 Å². The molecule has 0 amide bonds. The standard InChI is InChI=1S/C12H18/c1-5-7-11(4)9(3)12(11)8-10(12)6-2/h9-10H,6,8H2,1-4H3. The van der Waals surface area contributed by atoms with Crippen molar-refractivity contribution in [3.63, 3.8) is 0 Å². The van der Waals surface area contributed by atoms with E-state index >= 15 is 0 Å². The Labute approximate surface area is 75.7 Å². The lowest BCUT2D eigenvalue weighted by atomic mass is 10.0. The van der Waals surface area contributed by atoms with Crippen molar-refractivity contribution >= 4 is 0 Å². The van der Waals surface area contributed by atoms with Crippen molar-refractivity contribution in [1.29, 1.82) is 0 Å². The summed E-state index contributed by atoms with van der Waals surface area (Å²) in [6, 6.07) is 0. The molecule has 0 N–H and O–H groups in total. The second-order valence-corrected chi connectivity index (χ2v) is 4.65. The van der Waals surface area contributed by atoms with Crippen molar-refractivity contribution in [1.82, 2.24) is 0 Å². The van der Waals surface area contributed by atoms with E-state index in [1.165, 1.54) is 12.8 Å². The third-order valence-electron chi connectivity index (χ3n) is 4.55. The molecule has 2 aliphatic carbocycles. The molecule has 0 heteroatoms. The van der Waals surface area contributed by atoms with E-state index in [0.717, 1.165) is 11.8 Å². The average molecular weight is 162 g/mol. The first-order valence-electron chi connectivity index (χ1n) is 5.07. The van der Waals surface area contributed by atoms with Gasteiger partial charge in [-0.15, -0.1) is 5.92 Å². The second-order valence-electron chi connectivity index (χ2n) is 4.65. The lowest BCUT2D eigenvalue weighted by Gasteiger charge is -1.99. The third kappa shape index (κ3) is 0.622. The van der Waals surface area contributed by atoms with Crippen LogP contribution in [-0.4, -0.2) is 0 Å². The van der Waals surface area contributed by atoms with Crippen molar-refractivity contribution in [3.05, 3.63) is 0 Å². The summed E-state index contributed by atoms with van der Waals surface area (Å²) in [5.41, 5.74) is 1.03. The van der Waals surface area contributed by atoms with E-state index in [-0.39, 0.29) is 0 Å². The molecule has 0 aromatic carbocycles. The van der Waals surface area contributed by atoms with Crippen LogP contribution in [0, 0.1) is 34.5 Å². The molecule has 0 saturated heterocycles. The number of hydrogen-bond acceptors (Lipinski definition) is 0. The van der Waals surface area contributed by atoms with Gasteiger partial charge in [-0.05, 0) is 37.5 Å². The monoisotopic (exact) mass is 162 g/mol. The van der Waals surface area contributed by atoms with Crippen LogP contribution < -0.4 is 0 Å². The van der Waals surface area contributed by atoms with Crippen LogP contribution in [0.3, 0.4) is 0 Å². The Hall–Kier alpha value is -0.440. The van der Waals surface area contributed by atoms with Crippen LogP contribution in [0.1, 0.15) is 40.5 Å². The van der Waals surface area contributed by atoms with Gasteiger partial charge in [-0.2, -0.15) is 0 Å². The molecule has 2 aliphatic rings. The van der Waals surface area contributed by atoms with E-state index < -0.39 is 0 Å². The molecule has 2 rings (SSSR count). The van der Waals surface area contributed by atoms with Crippen LogP contribution in [0.5, 0.6) is 0 Å². The molecule has 0 nitrogen and oxygen atoms in total. The van der Waals surface area contributed by atoms with Crippen LogP contribution in [-0.2, 0) is 0 Å². The summed E-state index contributed by atoms with van der Waals surface area (Å²) in [5, 5.41) is 0. The van der Waals surface area contributed by atoms with Crippen molar-refractivity contribution in [3.8, 4) is 11.8 Å². The van der Waals surface area contributed by atoms with Gasteiger partial charge in [0.15, 0.2) is 0 Å². The Morgan fingerprint density at radius 2 is 2.17 bits per heavy atom. The second kappa shape index (κ2) is 2.08. The highest BCUT2D eigenvalue weighted by molar-refractivity contribution is 5.38. The maximum atomic E-state index is 3.41. The van der Waals surface area contributed by atoms with Gasteiger partial charge < -0.3 is 0 Å². The van der Waals surface area contributed by atoms with Gasteiger partial charge >= 0.3 is 0 Å². The Bertz CT molecular complexity index is 267. The highest BCUT2D eigenvalue weighted by Crippen LogP contribution is 2.85. The minimum absolute atomic E-state index is 0.377. The minimum atomic E-state index is 0.377. The molecule has 2 saturated carbocycles. The van der Waals surface area contributed by atoms with Crippen molar-refractivity contribution in [2.24, 2.45) is 22.7 Å². The molecule has 1 spiro atoms. The molecule has 0 heterocycles. The molecule has 4 atom stereocenters. The summed E-state index contributed by atoms with van der Waals surface area (Å²) in [6.07, 6.45) is 2.79. The molecule has 0 radical (unpaired) electrons. The Morgan fingerprint density at radius 3 is 2.58 bits per heavy atom. The zero-order valence-corrected chi connectivity index (χ0v) is 8.57. The molecule has 0 aliphatic heterocycles. The molecular formula is C12H18. The zero-order valence-electron chi connectivity index (χ0n) is 8.57. The zero-order chi connectivity index (χ0) is 8.98. The van der Waals surface area contributed by atoms with Crippen LogP contribution in [0.15, 0.2) is 0 Å². The lowest BCUT2D eigenvalue weighted by molar-refractivity contribution is 0.574. The highest BCUT2D eigenvalue weighted by Gasteiger charge is 2.81. The Kier molecular flexibility index (Phi) is 1.41. The van der Waals surface area contributed by atoms with Gasteiger partial charge in [0.25, 0.3) is 0 Å². The highest BCUT2D eigenvalue weighted by atomic mass is 14.8. The van der Waals surface area contributed by atoms with Crippen LogP contribution in [0.4, 0.5) is 0 Å². The summed E-state index contributed by atoms with van der Waals surface area (Å²) in [4.78, 5) is 0. The first-order chi connectivity index (χ1) is 5.63. The average Bonchev–Trinajstić information content (AvgIpc) is 2.87. The predicted molar refractivity (Wildman–Crippen MR) is 51.6 cm³/mol. The maximum absolute atomic E-state index is 3.41. The van der Waals surface area contributed by atoms with Gasteiger partial charge in [0, 0.05) is 5.41 Å². The normalized spacial score (nSPS) is 54.7. The summed E-state index contributed by atoms with van der Waals surface area (Å²) >= 11 is 0. The van der Waals surface area contributed by atoms with Gasteiger partial charge in [-0.3, -0.25) is 0 Å². The minimum Gasteiger partial charge on any atom is -0.106 e. The molecule has 66 valence electrons. The number of hydrogen-bond donors (Lipinski definition) is 0. The Balaban J connectivity index is 2.19. The molecule has 2 fully saturated rings. The fraction of sp³-hybridized carbons (Fsp3) is 0.833. The van der Waals surface area contributed by atoms with Gasteiger partial charge in [0.1, 0.15) is 0 Å². The molecule has 12 heavy (non-hydrogen) atoms. The fourth-order valence-electron chi connectivity index (χ4n) is 3.47. The lowest BCUT2D eigenvalue weighted by Crippen LogP contribution is -1.95. The van der Waals surface area contributed by atoms with Crippen LogP contribution in [0.25, 0.3) is 0 Å². The van der Waals surface area contributed by atoms with Crippen molar-refractivity contribution < 1.29 is 0 Å². The summed E-state index contributed by atoms with van der Waals surface area (Å²) in [6.45, 7) is 9.00. The largest absolute Gasteiger partial charge is 0.106 e. The maximum Gasteiger partial charge on any atom is 0.0379 e. The first-order valence-corrected chi connectivity index (χ1v) is 5.07. The van der Waals surface area contributed by atoms with E-state index in [4.69, 9.17) is 0 Å². The number of rotatable bonds is 1. The molecule has 0 aromatic heterocycles. The third-order valence-corrected chi connectivity index (χ3v) is 4.55. The van der Waals surface area contributed by atoms with E-state index in [0.29, 0.717) is 10.8 Å². The molecule has 0 aromatic rings. The molecule has 0 bridgehead atoms. The van der Waals surface area contributed by atoms with Crippen LogP contribution >= 0.6 is 0 Å². The van der Waals surface area contributed by atoms with E-state index in [1.807, 2.05) is 6.92 Å². The van der Waals surface area contributed by atoms with Crippen LogP contribution in [0.2, 0.25) is 0 Å². The first kappa shape index (κ1) is 8.17. The van der Waals surface area contributed by atoms with E-state index in [2.05, 4.69) is 32.6 Å². The van der Waals surface area contributed by atoms with Crippen molar-refractivity contribution in [2.75, 3.05) is 0 Å². The SMILES string of the molecule is CC#CC1(C)C(C)C12CC2CC. The fourth-order valence-corrected chi connectivity index (χ4v) is 3.47. The quantitative estimate of drug-likeness (QED) is 0.520. The molecular weight excluding hydrogens is 144 g/mol. The summed E-state index contributed by atoms with van der Waals surface area (Å²) in [5.74, 6) is 8.34. The summed E-state index contributed by atoms with van der Waals surface area (Å²) < 4.78 is 0.